The topological polar surface area (TPSA) is 63.7 Å². The molecule has 2 aromatic rings. The minimum absolute atomic E-state index is 0.283. The van der Waals surface area contributed by atoms with Crippen molar-refractivity contribution in [2.75, 3.05) is 13.2 Å². The molecule has 0 N–H and O–H groups in total. The lowest BCUT2D eigenvalue weighted by Crippen LogP contribution is -2.32. The summed E-state index contributed by atoms with van der Waals surface area (Å²) in [5.74, 6) is -1.64. The monoisotopic (exact) mass is 443 g/mol. The van der Waals surface area contributed by atoms with E-state index in [0.717, 1.165) is 21.3 Å². The quantitative estimate of drug-likeness (QED) is 0.482. The van der Waals surface area contributed by atoms with Crippen molar-refractivity contribution < 1.29 is 19.1 Å². The number of Topliss-reactive ketones (excluding diaryl/α,β-unsaturated/α-hetero) is 2. The number of amides is 1. The molecule has 0 saturated carbocycles. The maximum Gasteiger partial charge on any atom is 0.291 e. The number of rotatable bonds is 7. The molecule has 0 aliphatic carbocycles. The van der Waals surface area contributed by atoms with E-state index in [1.54, 1.807) is 0 Å². The Labute approximate surface area is 172 Å². The lowest BCUT2D eigenvalue weighted by Gasteiger charge is -2.27. The first kappa shape index (κ1) is 20.3. The van der Waals surface area contributed by atoms with Crippen molar-refractivity contribution >= 4 is 33.4 Å². The maximum atomic E-state index is 12.6. The highest BCUT2D eigenvalue weighted by molar-refractivity contribution is 9.10. The predicted octanol–water partition coefficient (Wildman–Crippen LogP) is 3.75. The van der Waals surface area contributed by atoms with Crippen LogP contribution >= 0.6 is 15.9 Å². The molecule has 1 amide bonds. The third kappa shape index (κ3) is 4.17. The van der Waals surface area contributed by atoms with Gasteiger partial charge >= 0.3 is 0 Å². The zero-order chi connectivity index (χ0) is 20.3. The average molecular weight is 444 g/mol. The van der Waals surface area contributed by atoms with Gasteiger partial charge in [0, 0.05) is 11.0 Å². The van der Waals surface area contributed by atoms with Gasteiger partial charge in [0.05, 0.1) is 12.6 Å². The van der Waals surface area contributed by atoms with E-state index in [2.05, 4.69) is 15.9 Å². The van der Waals surface area contributed by atoms with Gasteiger partial charge in [-0.15, -0.1) is 0 Å². The SMILES string of the molecule is CCOc1ccc(CCN2C(=O)C(=O)C(C(C)=O)C2c2ccc(Br)cc2)cc1. The van der Waals surface area contributed by atoms with Crippen LogP contribution in [0.4, 0.5) is 0 Å². The molecule has 1 fully saturated rings. The molecule has 3 rings (SSSR count). The molecule has 2 unspecified atom stereocenters. The van der Waals surface area contributed by atoms with Crippen molar-refractivity contribution in [3.8, 4) is 5.75 Å². The second-order valence-electron chi connectivity index (χ2n) is 6.77. The van der Waals surface area contributed by atoms with Crippen molar-refractivity contribution in [1.29, 1.82) is 0 Å². The first-order chi connectivity index (χ1) is 13.4. The number of nitrogens with zero attached hydrogens (tertiary/aromatic N) is 1. The van der Waals surface area contributed by atoms with Crippen LogP contribution in [0, 0.1) is 5.92 Å². The summed E-state index contributed by atoms with van der Waals surface area (Å²) in [7, 11) is 0. The van der Waals surface area contributed by atoms with E-state index in [-0.39, 0.29) is 5.78 Å². The Morgan fingerprint density at radius 2 is 1.71 bits per heavy atom. The van der Waals surface area contributed by atoms with Gasteiger partial charge in [-0.2, -0.15) is 0 Å². The summed E-state index contributed by atoms with van der Waals surface area (Å²) in [6, 6.07) is 14.5. The smallest absolute Gasteiger partial charge is 0.291 e. The van der Waals surface area contributed by atoms with Gasteiger partial charge < -0.3 is 9.64 Å². The Morgan fingerprint density at radius 3 is 2.29 bits per heavy atom. The molecular weight excluding hydrogens is 422 g/mol. The minimum atomic E-state index is -0.950. The average Bonchev–Trinajstić information content (AvgIpc) is 2.93. The summed E-state index contributed by atoms with van der Waals surface area (Å²) >= 11 is 3.39. The van der Waals surface area contributed by atoms with Crippen LogP contribution in [0.15, 0.2) is 53.0 Å². The van der Waals surface area contributed by atoms with Crippen LogP contribution in [0.25, 0.3) is 0 Å². The molecule has 6 heteroatoms. The molecule has 2 atom stereocenters. The third-order valence-electron chi connectivity index (χ3n) is 4.93. The highest BCUT2D eigenvalue weighted by Gasteiger charge is 2.49. The van der Waals surface area contributed by atoms with E-state index in [1.807, 2.05) is 55.5 Å². The molecule has 1 aliphatic heterocycles. The van der Waals surface area contributed by atoms with Crippen LogP contribution in [0.1, 0.15) is 31.0 Å². The van der Waals surface area contributed by atoms with Crippen LogP contribution in [0.2, 0.25) is 0 Å². The molecule has 0 aromatic heterocycles. The van der Waals surface area contributed by atoms with Gasteiger partial charge in [0.1, 0.15) is 17.5 Å². The van der Waals surface area contributed by atoms with Gasteiger partial charge in [-0.3, -0.25) is 14.4 Å². The minimum Gasteiger partial charge on any atom is -0.494 e. The molecule has 0 radical (unpaired) electrons. The molecule has 5 nitrogen and oxygen atoms in total. The Morgan fingerprint density at radius 1 is 1.07 bits per heavy atom. The highest BCUT2D eigenvalue weighted by Crippen LogP contribution is 2.37. The van der Waals surface area contributed by atoms with Crippen molar-refractivity contribution in [3.63, 3.8) is 0 Å². The first-order valence-corrected chi connectivity index (χ1v) is 10.0. The zero-order valence-corrected chi connectivity index (χ0v) is 17.4. The van der Waals surface area contributed by atoms with Gasteiger partial charge in [0.15, 0.2) is 0 Å². The summed E-state index contributed by atoms with van der Waals surface area (Å²) in [5, 5.41) is 0. The predicted molar refractivity (Wildman–Crippen MR) is 109 cm³/mol. The fourth-order valence-electron chi connectivity index (χ4n) is 3.57. The van der Waals surface area contributed by atoms with Crippen molar-refractivity contribution in [3.05, 3.63) is 64.1 Å². The van der Waals surface area contributed by atoms with Crippen LogP contribution in [-0.4, -0.2) is 35.5 Å². The number of hydrogen-bond donors (Lipinski definition) is 0. The summed E-state index contributed by atoms with van der Waals surface area (Å²) in [6.07, 6.45) is 0.586. The van der Waals surface area contributed by atoms with Crippen LogP contribution in [-0.2, 0) is 20.8 Å². The molecule has 28 heavy (non-hydrogen) atoms. The number of carbonyl (C=O) groups excluding carboxylic acids is 3. The number of carbonyl (C=O) groups is 3. The van der Waals surface area contributed by atoms with Gasteiger partial charge in [-0.25, -0.2) is 0 Å². The Kier molecular flexibility index (Phi) is 6.29. The lowest BCUT2D eigenvalue weighted by molar-refractivity contribution is -0.142. The molecule has 1 aliphatic rings. The molecule has 0 spiro atoms. The van der Waals surface area contributed by atoms with E-state index >= 15 is 0 Å². The van der Waals surface area contributed by atoms with Crippen molar-refractivity contribution in [2.24, 2.45) is 5.92 Å². The van der Waals surface area contributed by atoms with Gasteiger partial charge in [0.25, 0.3) is 5.91 Å². The van der Waals surface area contributed by atoms with Crippen molar-refractivity contribution in [1.82, 2.24) is 4.90 Å². The third-order valence-corrected chi connectivity index (χ3v) is 5.46. The van der Waals surface area contributed by atoms with Gasteiger partial charge in [0.2, 0.25) is 5.78 Å². The van der Waals surface area contributed by atoms with E-state index in [1.165, 1.54) is 11.8 Å². The number of likely N-dealkylation sites (tertiary alicyclic amines) is 1. The fourth-order valence-corrected chi connectivity index (χ4v) is 3.84. The summed E-state index contributed by atoms with van der Waals surface area (Å²) in [6.45, 7) is 4.27. The summed E-state index contributed by atoms with van der Waals surface area (Å²) < 4.78 is 6.34. The Bertz CT molecular complexity index is 876. The first-order valence-electron chi connectivity index (χ1n) is 9.24. The standard InChI is InChI=1S/C22H22BrNO4/c1-3-28-18-10-4-15(5-11-18)12-13-24-20(16-6-8-17(23)9-7-16)19(14(2)25)21(26)22(24)27/h4-11,19-20H,3,12-13H2,1-2H3. The number of benzene rings is 2. The lowest BCUT2D eigenvalue weighted by atomic mass is 9.90. The van der Waals surface area contributed by atoms with Gasteiger partial charge in [-0.05, 0) is 55.7 Å². The molecule has 0 bridgehead atoms. The number of ether oxygens (including phenoxy) is 1. The summed E-state index contributed by atoms with van der Waals surface area (Å²) in [4.78, 5) is 38.8. The fraction of sp³-hybridized carbons (Fsp3) is 0.318. The van der Waals surface area contributed by atoms with E-state index in [0.29, 0.717) is 19.6 Å². The largest absolute Gasteiger partial charge is 0.494 e. The van der Waals surface area contributed by atoms with E-state index < -0.39 is 23.7 Å². The maximum absolute atomic E-state index is 12.6. The van der Waals surface area contributed by atoms with Crippen LogP contribution in [0.3, 0.4) is 0 Å². The van der Waals surface area contributed by atoms with E-state index in [4.69, 9.17) is 4.74 Å². The number of hydrogen-bond acceptors (Lipinski definition) is 4. The second-order valence-corrected chi connectivity index (χ2v) is 7.69. The Balaban J connectivity index is 1.83. The zero-order valence-electron chi connectivity index (χ0n) is 15.9. The molecular formula is C22H22BrNO4. The Hall–Kier alpha value is -2.47. The van der Waals surface area contributed by atoms with E-state index in [9.17, 15) is 14.4 Å². The van der Waals surface area contributed by atoms with Gasteiger partial charge in [-0.1, -0.05) is 40.2 Å². The molecule has 1 saturated heterocycles. The van der Waals surface area contributed by atoms with Crippen LogP contribution < -0.4 is 4.74 Å². The summed E-state index contributed by atoms with van der Waals surface area (Å²) in [5.41, 5.74) is 1.82. The number of halogens is 1. The van der Waals surface area contributed by atoms with Crippen LogP contribution in [0.5, 0.6) is 5.75 Å². The second kappa shape index (κ2) is 8.69. The molecule has 2 aromatic carbocycles. The molecule has 1 heterocycles. The number of ketones is 2. The van der Waals surface area contributed by atoms with Crippen molar-refractivity contribution in [2.45, 2.75) is 26.3 Å². The molecule has 146 valence electrons. The normalized spacial score (nSPS) is 19.2. The highest BCUT2D eigenvalue weighted by atomic mass is 79.9.